The van der Waals surface area contributed by atoms with Crippen LogP contribution in [-0.2, 0) is 13.2 Å². The van der Waals surface area contributed by atoms with E-state index in [2.05, 4.69) is 30.8 Å². The van der Waals surface area contributed by atoms with Crippen LogP contribution in [-0.4, -0.2) is 34.2 Å². The van der Waals surface area contributed by atoms with Gasteiger partial charge >= 0.3 is 0 Å². The molecule has 0 saturated carbocycles. The van der Waals surface area contributed by atoms with Crippen molar-refractivity contribution < 1.29 is 14.0 Å². The summed E-state index contributed by atoms with van der Waals surface area (Å²) in [5.74, 6) is 2.28. The van der Waals surface area contributed by atoms with Gasteiger partial charge in [-0.3, -0.25) is 4.99 Å². The highest BCUT2D eigenvalue weighted by Crippen LogP contribution is 2.29. The van der Waals surface area contributed by atoms with E-state index in [1.54, 1.807) is 0 Å². The first-order valence-corrected chi connectivity index (χ1v) is 12.2. The Hall–Kier alpha value is -3.44. The molecule has 1 aromatic carbocycles. The van der Waals surface area contributed by atoms with Crippen LogP contribution in [0.5, 0.6) is 10.9 Å². The van der Waals surface area contributed by atoms with Crippen LogP contribution >= 0.6 is 22.7 Å². The van der Waals surface area contributed by atoms with E-state index in [4.69, 9.17) is 14.0 Å². The maximum absolute atomic E-state index is 5.90. The van der Waals surface area contributed by atoms with Gasteiger partial charge in [0.05, 0.1) is 0 Å². The number of ether oxygens (including phenoxy) is 2. The topological polar surface area (TPSA) is 107 Å². The number of hydrogen-bond donors (Lipinski definition) is 2. The summed E-state index contributed by atoms with van der Waals surface area (Å²) in [7, 11) is 0. The molecule has 5 rings (SSSR count). The van der Waals surface area contributed by atoms with Crippen molar-refractivity contribution in [3.05, 3.63) is 58.1 Å². The van der Waals surface area contributed by atoms with Gasteiger partial charge in [-0.1, -0.05) is 28.6 Å². The number of guanidine groups is 1. The zero-order valence-electron chi connectivity index (χ0n) is 17.9. The van der Waals surface area contributed by atoms with E-state index < -0.39 is 0 Å². The van der Waals surface area contributed by atoms with E-state index in [9.17, 15) is 0 Å². The number of anilines is 1. The first kappa shape index (κ1) is 21.4. The van der Waals surface area contributed by atoms with E-state index in [0.29, 0.717) is 18.4 Å². The highest BCUT2D eigenvalue weighted by atomic mass is 32.1. The number of aromatic nitrogens is 3. The fourth-order valence-corrected chi connectivity index (χ4v) is 4.49. The van der Waals surface area contributed by atoms with Gasteiger partial charge in [0.15, 0.2) is 11.1 Å². The molecule has 4 heterocycles. The number of hydrogen-bond acceptors (Lipinski definition) is 11. The summed E-state index contributed by atoms with van der Waals surface area (Å²) >= 11 is 2.97. The van der Waals surface area contributed by atoms with Gasteiger partial charge < -0.3 is 24.6 Å². The number of nitrogens with zero attached hydrogens (tertiary/aromatic N) is 4. The summed E-state index contributed by atoms with van der Waals surface area (Å²) in [6.07, 6.45) is 1.05. The second-order valence-electron chi connectivity index (χ2n) is 7.33. The third-order valence-electron chi connectivity index (χ3n) is 4.70. The molecule has 0 unspecified atom stereocenters. The van der Waals surface area contributed by atoms with Gasteiger partial charge in [0, 0.05) is 29.9 Å². The summed E-state index contributed by atoms with van der Waals surface area (Å²) in [5.41, 5.74) is 3.34. The highest BCUT2D eigenvalue weighted by Gasteiger charge is 2.12. The van der Waals surface area contributed by atoms with Gasteiger partial charge in [-0.2, -0.15) is 0 Å². The van der Waals surface area contributed by atoms with E-state index >= 15 is 0 Å². The summed E-state index contributed by atoms with van der Waals surface area (Å²) in [4.78, 5) is 13.6. The number of rotatable bonds is 8. The smallest absolute Gasteiger partial charge is 0.274 e. The lowest BCUT2D eigenvalue weighted by Gasteiger charge is -2.13. The lowest BCUT2D eigenvalue weighted by molar-refractivity contribution is 0.283. The zero-order chi connectivity index (χ0) is 22.5. The number of aryl methyl sites for hydroxylation is 1. The molecule has 170 valence electrons. The zero-order valence-corrected chi connectivity index (χ0v) is 19.5. The standard InChI is InChI=1S/C22H22N6O3S2/c1-14-8-16(28-31-14)11-29-17-5-2-4-15(9-17)10-30-22-26-19(13-33-22)18-12-32-21(25-18)27-20-23-6-3-7-24-20/h2,4-5,8-9,12-13H,3,6-7,10-11H2,1H3,(H2,23,24,25,27). The lowest BCUT2D eigenvalue weighted by Crippen LogP contribution is -2.35. The first-order chi connectivity index (χ1) is 16.2. The van der Waals surface area contributed by atoms with Gasteiger partial charge in [0.1, 0.15) is 41.8 Å². The number of aliphatic imine (C=N–C) groups is 1. The predicted octanol–water partition coefficient (Wildman–Crippen LogP) is 4.48. The third kappa shape index (κ3) is 5.68. The maximum atomic E-state index is 5.90. The molecule has 0 bridgehead atoms. The Morgan fingerprint density at radius 1 is 1.09 bits per heavy atom. The molecule has 0 atom stereocenters. The molecule has 1 aliphatic rings. The van der Waals surface area contributed by atoms with Crippen molar-refractivity contribution in [2.75, 3.05) is 18.4 Å². The normalized spacial score (nSPS) is 13.3. The van der Waals surface area contributed by atoms with Crippen molar-refractivity contribution in [2.24, 2.45) is 4.99 Å². The van der Waals surface area contributed by atoms with Gasteiger partial charge in [-0.25, -0.2) is 9.97 Å². The van der Waals surface area contributed by atoms with Crippen LogP contribution in [0.3, 0.4) is 0 Å². The van der Waals surface area contributed by atoms with Crippen LogP contribution in [0.15, 0.2) is 50.6 Å². The predicted molar refractivity (Wildman–Crippen MR) is 128 cm³/mol. The fourth-order valence-electron chi connectivity index (χ4n) is 3.12. The van der Waals surface area contributed by atoms with Crippen LogP contribution in [0.25, 0.3) is 11.4 Å². The molecule has 0 fully saturated rings. The van der Waals surface area contributed by atoms with Crippen molar-refractivity contribution in [1.29, 1.82) is 0 Å². The lowest BCUT2D eigenvalue weighted by atomic mass is 10.2. The second-order valence-corrected chi connectivity index (χ2v) is 9.00. The Labute approximate surface area is 198 Å². The molecule has 33 heavy (non-hydrogen) atoms. The van der Waals surface area contributed by atoms with Gasteiger partial charge in [0.2, 0.25) is 0 Å². The largest absolute Gasteiger partial charge is 0.487 e. The van der Waals surface area contributed by atoms with Crippen molar-refractivity contribution in [2.45, 2.75) is 26.6 Å². The SMILES string of the molecule is Cc1cc(COc2cccc(COc3nc(-c4csc(NC5=NCCCN5)n4)cs3)c2)no1. The van der Waals surface area contributed by atoms with E-state index in [1.807, 2.05) is 48.0 Å². The summed E-state index contributed by atoms with van der Waals surface area (Å²) in [5, 5.41) is 15.7. The molecular weight excluding hydrogens is 460 g/mol. The van der Waals surface area contributed by atoms with Crippen molar-refractivity contribution >= 4 is 33.8 Å². The molecule has 2 N–H and O–H groups in total. The molecule has 3 aromatic heterocycles. The average Bonchev–Trinajstić information content (AvgIpc) is 3.59. The van der Waals surface area contributed by atoms with Crippen LogP contribution in [0.1, 0.15) is 23.4 Å². The average molecular weight is 483 g/mol. The van der Waals surface area contributed by atoms with Gasteiger partial charge in [0.25, 0.3) is 5.19 Å². The van der Waals surface area contributed by atoms with E-state index in [0.717, 1.165) is 64.8 Å². The highest BCUT2D eigenvalue weighted by molar-refractivity contribution is 7.14. The van der Waals surface area contributed by atoms with E-state index in [1.165, 1.54) is 22.7 Å². The van der Waals surface area contributed by atoms with Gasteiger partial charge in [-0.15, -0.1) is 11.3 Å². The molecular formula is C22H22N6O3S2. The van der Waals surface area contributed by atoms with Crippen LogP contribution in [0, 0.1) is 6.92 Å². The quantitative estimate of drug-likeness (QED) is 0.379. The molecule has 0 amide bonds. The summed E-state index contributed by atoms with van der Waals surface area (Å²) in [6, 6.07) is 9.63. The molecule has 11 heteroatoms. The molecule has 4 aromatic rings. The molecule has 0 aliphatic carbocycles. The Bertz CT molecular complexity index is 1250. The van der Waals surface area contributed by atoms with E-state index in [-0.39, 0.29) is 0 Å². The number of benzene rings is 1. The molecule has 9 nitrogen and oxygen atoms in total. The third-order valence-corrected chi connectivity index (χ3v) is 6.21. The maximum Gasteiger partial charge on any atom is 0.274 e. The first-order valence-electron chi connectivity index (χ1n) is 10.4. The van der Waals surface area contributed by atoms with Crippen LogP contribution in [0.2, 0.25) is 0 Å². The van der Waals surface area contributed by atoms with Crippen molar-refractivity contribution in [3.8, 4) is 22.3 Å². The fraction of sp³-hybridized carbons (Fsp3) is 0.273. The minimum atomic E-state index is 0.353. The molecule has 1 aliphatic heterocycles. The minimum Gasteiger partial charge on any atom is -0.487 e. The molecule has 0 radical (unpaired) electrons. The number of nitrogens with one attached hydrogen (secondary N) is 2. The monoisotopic (exact) mass is 482 g/mol. The number of thiazole rings is 2. The van der Waals surface area contributed by atoms with Crippen molar-refractivity contribution in [1.82, 2.24) is 20.4 Å². The Kier molecular flexibility index (Phi) is 6.49. The van der Waals surface area contributed by atoms with Crippen molar-refractivity contribution in [3.63, 3.8) is 0 Å². The van der Waals surface area contributed by atoms with Crippen LogP contribution < -0.4 is 20.1 Å². The molecule has 0 spiro atoms. The Morgan fingerprint density at radius 2 is 2.00 bits per heavy atom. The van der Waals surface area contributed by atoms with Gasteiger partial charge in [-0.05, 0) is 31.0 Å². The Balaban J connectivity index is 1.16. The molecule has 0 saturated heterocycles. The summed E-state index contributed by atoms with van der Waals surface area (Å²) < 4.78 is 16.8. The summed E-state index contributed by atoms with van der Waals surface area (Å²) in [6.45, 7) is 4.35. The Morgan fingerprint density at radius 3 is 2.85 bits per heavy atom. The second kappa shape index (κ2) is 10.0. The minimum absolute atomic E-state index is 0.353. The van der Waals surface area contributed by atoms with Crippen LogP contribution in [0.4, 0.5) is 5.13 Å².